The first kappa shape index (κ1) is 27.7. The Bertz CT molecular complexity index is 1260. The van der Waals surface area contributed by atoms with Crippen LogP contribution in [0, 0.1) is 10.1 Å². The van der Waals surface area contributed by atoms with E-state index in [1.54, 1.807) is 17.0 Å². The molecule has 2 N–H and O–H groups in total. The third-order valence-electron chi connectivity index (χ3n) is 7.35. The van der Waals surface area contributed by atoms with E-state index in [2.05, 4.69) is 12.2 Å². The highest BCUT2D eigenvalue weighted by atomic mass is 16.6. The number of fused-ring (bicyclic) bond motifs is 1. The minimum Gasteiger partial charge on any atom is -0.502 e. The summed E-state index contributed by atoms with van der Waals surface area (Å²) in [5.41, 5.74) is 0.0988. The molecule has 2 heterocycles. The van der Waals surface area contributed by atoms with Crippen molar-refractivity contribution in [2.24, 2.45) is 0 Å². The van der Waals surface area contributed by atoms with E-state index in [4.69, 9.17) is 0 Å². The Labute approximate surface area is 225 Å². The van der Waals surface area contributed by atoms with Gasteiger partial charge in [-0.3, -0.25) is 34.2 Å². The minimum absolute atomic E-state index is 0.0408. The van der Waals surface area contributed by atoms with Gasteiger partial charge in [-0.25, -0.2) is 0 Å². The van der Waals surface area contributed by atoms with Crippen molar-refractivity contribution in [1.82, 2.24) is 15.1 Å². The lowest BCUT2D eigenvalue weighted by atomic mass is 10.0. The van der Waals surface area contributed by atoms with Crippen molar-refractivity contribution in [2.75, 3.05) is 13.1 Å². The summed E-state index contributed by atoms with van der Waals surface area (Å²) in [6, 6.07) is 8.76. The zero-order valence-corrected chi connectivity index (χ0v) is 21.8. The number of nitro benzene ring substituents is 1. The number of hydrogen-bond acceptors (Lipinski definition) is 7. The number of amides is 4. The van der Waals surface area contributed by atoms with Crippen LogP contribution in [0.1, 0.15) is 71.7 Å². The molecule has 11 nitrogen and oxygen atoms in total. The number of benzene rings is 2. The minimum atomic E-state index is -1.30. The fourth-order valence-electron chi connectivity index (χ4n) is 5.31. The van der Waals surface area contributed by atoms with Crippen LogP contribution in [0.4, 0.5) is 5.69 Å². The molecule has 0 spiro atoms. The van der Waals surface area contributed by atoms with Crippen LogP contribution >= 0.6 is 0 Å². The van der Waals surface area contributed by atoms with Gasteiger partial charge >= 0.3 is 5.69 Å². The first-order valence-corrected chi connectivity index (χ1v) is 13.2. The predicted molar refractivity (Wildman–Crippen MR) is 141 cm³/mol. The highest BCUT2D eigenvalue weighted by Gasteiger charge is 2.43. The molecule has 1 saturated heterocycles. The van der Waals surface area contributed by atoms with Crippen LogP contribution in [-0.4, -0.2) is 68.6 Å². The van der Waals surface area contributed by atoms with Crippen molar-refractivity contribution < 1.29 is 29.2 Å². The molecule has 2 aromatic carbocycles. The number of nitro groups is 1. The predicted octanol–water partition coefficient (Wildman–Crippen LogP) is 3.20. The molecule has 4 amide bonds. The molecule has 0 aromatic heterocycles. The molecule has 2 atom stereocenters. The first-order valence-electron chi connectivity index (χ1n) is 13.2. The summed E-state index contributed by atoms with van der Waals surface area (Å²) in [4.78, 5) is 65.5. The summed E-state index contributed by atoms with van der Waals surface area (Å²) in [6.45, 7) is 2.55. The number of aromatic hydroxyl groups is 1. The fourth-order valence-corrected chi connectivity index (χ4v) is 5.31. The molecule has 0 aliphatic carbocycles. The summed E-state index contributed by atoms with van der Waals surface area (Å²) in [5, 5.41) is 23.9. The van der Waals surface area contributed by atoms with E-state index in [0.717, 1.165) is 49.1 Å². The Morgan fingerprint density at radius 3 is 2.46 bits per heavy atom. The summed E-state index contributed by atoms with van der Waals surface area (Å²) < 4.78 is 0. The largest absolute Gasteiger partial charge is 0.502 e. The van der Waals surface area contributed by atoms with Gasteiger partial charge < -0.3 is 15.3 Å². The van der Waals surface area contributed by atoms with E-state index in [9.17, 15) is 34.4 Å². The number of nitrogens with one attached hydrogen (secondary N) is 1. The quantitative estimate of drug-likeness (QED) is 0.183. The third kappa shape index (κ3) is 5.92. The average molecular weight is 537 g/mol. The number of imide groups is 1. The Kier molecular flexibility index (Phi) is 8.58. The number of carbonyl (C=O) groups excluding carboxylic acids is 4. The summed E-state index contributed by atoms with van der Waals surface area (Å²) in [7, 11) is 0. The molecular weight excluding hydrogens is 504 g/mol. The Morgan fingerprint density at radius 2 is 1.82 bits per heavy atom. The van der Waals surface area contributed by atoms with Crippen LogP contribution in [0.15, 0.2) is 42.5 Å². The normalized spacial score (nSPS) is 17.5. The van der Waals surface area contributed by atoms with Gasteiger partial charge in [0.05, 0.1) is 16.1 Å². The van der Waals surface area contributed by atoms with Crippen LogP contribution < -0.4 is 5.32 Å². The molecule has 1 fully saturated rings. The molecule has 206 valence electrons. The molecule has 11 heteroatoms. The molecular formula is C28H32N4O7. The van der Waals surface area contributed by atoms with E-state index >= 15 is 0 Å². The smallest absolute Gasteiger partial charge is 0.310 e. The van der Waals surface area contributed by atoms with Crippen LogP contribution in [0.3, 0.4) is 0 Å². The number of rotatable bonds is 12. The van der Waals surface area contributed by atoms with Gasteiger partial charge in [0.2, 0.25) is 11.8 Å². The van der Waals surface area contributed by atoms with Gasteiger partial charge in [-0.2, -0.15) is 0 Å². The van der Waals surface area contributed by atoms with Gasteiger partial charge in [0, 0.05) is 38.0 Å². The van der Waals surface area contributed by atoms with Crippen molar-refractivity contribution in [1.29, 1.82) is 0 Å². The monoisotopic (exact) mass is 536 g/mol. The Balaban J connectivity index is 1.52. The third-order valence-corrected chi connectivity index (χ3v) is 7.35. The number of carbonyl (C=O) groups is 4. The number of nitrogens with zero attached hydrogens (tertiary/aromatic N) is 3. The molecule has 0 unspecified atom stereocenters. The van der Waals surface area contributed by atoms with Gasteiger partial charge in [-0.05, 0) is 36.6 Å². The van der Waals surface area contributed by atoms with Crippen molar-refractivity contribution in [3.63, 3.8) is 0 Å². The number of phenolic OH excluding ortho intramolecular Hbond substituents is 1. The summed E-state index contributed by atoms with van der Waals surface area (Å²) in [6.07, 6.45) is 5.17. The molecule has 4 rings (SSSR count). The van der Waals surface area contributed by atoms with E-state index in [-0.39, 0.29) is 36.0 Å². The maximum Gasteiger partial charge on any atom is 0.310 e. The number of phenols is 1. The standard InChI is InChI=1S/C28H32N4O7/c1-2-3-4-7-19-11-13-25(34)30(19)15-14-29-26(35)23(17-18-10-12-24(33)22(16-18)32(38)39)31-27(36)20-8-5-6-9-21(20)28(31)37/h5-6,8-10,12,16,19,23,33H,2-4,7,11,13-15,17H2,1H3,(H,29,35)/t19-,23-/m0/s1. The van der Waals surface area contributed by atoms with Crippen molar-refractivity contribution in [3.05, 3.63) is 69.3 Å². The van der Waals surface area contributed by atoms with Crippen molar-refractivity contribution in [2.45, 2.75) is 64.0 Å². The fraction of sp³-hybridized carbons (Fsp3) is 0.429. The molecule has 0 saturated carbocycles. The Hall–Kier alpha value is -4.28. The second-order valence-corrected chi connectivity index (χ2v) is 9.89. The van der Waals surface area contributed by atoms with Gasteiger partial charge in [-0.15, -0.1) is 0 Å². The van der Waals surface area contributed by atoms with Crippen LogP contribution in [-0.2, 0) is 16.0 Å². The summed E-state index contributed by atoms with van der Waals surface area (Å²) >= 11 is 0. The molecule has 0 radical (unpaired) electrons. The van der Waals surface area contributed by atoms with Gasteiger partial charge in [0.15, 0.2) is 5.75 Å². The zero-order chi connectivity index (χ0) is 28.1. The molecule has 2 aromatic rings. The lowest BCUT2D eigenvalue weighted by Crippen LogP contribution is -2.52. The van der Waals surface area contributed by atoms with Crippen molar-refractivity contribution >= 4 is 29.3 Å². The van der Waals surface area contributed by atoms with Crippen molar-refractivity contribution in [3.8, 4) is 5.75 Å². The number of likely N-dealkylation sites (tertiary alicyclic amines) is 1. The van der Waals surface area contributed by atoms with Gasteiger partial charge in [-0.1, -0.05) is 44.4 Å². The van der Waals surface area contributed by atoms with Gasteiger partial charge in [0.1, 0.15) is 6.04 Å². The SMILES string of the molecule is CCCCC[C@H]1CCC(=O)N1CCNC(=O)[C@H](Cc1ccc(O)c([N+](=O)[O-])c1)N1C(=O)c2ccccc2C1=O. The van der Waals surface area contributed by atoms with E-state index in [1.807, 2.05) is 0 Å². The molecule has 2 aliphatic rings. The van der Waals surface area contributed by atoms with E-state index in [0.29, 0.717) is 18.5 Å². The summed E-state index contributed by atoms with van der Waals surface area (Å²) in [5.74, 6) is -2.37. The molecule has 39 heavy (non-hydrogen) atoms. The highest BCUT2D eigenvalue weighted by molar-refractivity contribution is 6.22. The van der Waals surface area contributed by atoms with Crippen LogP contribution in [0.5, 0.6) is 5.75 Å². The Morgan fingerprint density at radius 1 is 1.13 bits per heavy atom. The van der Waals surface area contributed by atoms with E-state index in [1.165, 1.54) is 18.2 Å². The number of unbranched alkanes of at least 4 members (excludes halogenated alkanes) is 2. The maximum absolute atomic E-state index is 13.5. The first-order chi connectivity index (χ1) is 18.7. The lowest BCUT2D eigenvalue weighted by molar-refractivity contribution is -0.385. The van der Waals surface area contributed by atoms with Crippen LogP contribution in [0.25, 0.3) is 0 Å². The topological polar surface area (TPSA) is 150 Å². The van der Waals surface area contributed by atoms with Gasteiger partial charge in [0.25, 0.3) is 11.8 Å². The second kappa shape index (κ2) is 12.1. The maximum atomic E-state index is 13.5. The highest BCUT2D eigenvalue weighted by Crippen LogP contribution is 2.30. The molecule has 2 aliphatic heterocycles. The second-order valence-electron chi connectivity index (χ2n) is 9.89. The lowest BCUT2D eigenvalue weighted by Gasteiger charge is -2.27. The van der Waals surface area contributed by atoms with Crippen LogP contribution in [0.2, 0.25) is 0 Å². The average Bonchev–Trinajstić information content (AvgIpc) is 3.39. The molecule has 0 bridgehead atoms. The number of hydrogen-bond donors (Lipinski definition) is 2. The zero-order valence-electron chi connectivity index (χ0n) is 21.8. The van der Waals surface area contributed by atoms with E-state index < -0.39 is 40.1 Å².